The van der Waals surface area contributed by atoms with Gasteiger partial charge in [-0.1, -0.05) is 0 Å². The number of imidazole rings is 1. The van der Waals surface area contributed by atoms with Crippen LogP contribution in [0.15, 0.2) is 12.4 Å². The van der Waals surface area contributed by atoms with Crippen LogP contribution in [-0.4, -0.2) is 20.6 Å². The summed E-state index contributed by atoms with van der Waals surface area (Å²) in [5.41, 5.74) is 0.873. The molecule has 0 unspecified atom stereocenters. The molecule has 2 aromatic heterocycles. The second kappa shape index (κ2) is 2.31. The lowest BCUT2D eigenvalue weighted by molar-refractivity contribution is 0.0702. The van der Waals surface area contributed by atoms with E-state index in [0.717, 1.165) is 10.3 Å². The normalized spacial score (nSPS) is 10.8. The van der Waals surface area contributed by atoms with E-state index in [1.165, 1.54) is 11.3 Å². The zero-order valence-corrected chi connectivity index (χ0v) is 7.13. The zero-order valence-electron chi connectivity index (χ0n) is 6.31. The molecule has 0 atom stereocenters. The molecule has 2 rings (SSSR count). The third kappa shape index (κ3) is 0.902. The SMILES string of the molecule is Cn1cnc2sc(C(=O)O)cc21. The van der Waals surface area contributed by atoms with Crippen molar-refractivity contribution in [2.75, 3.05) is 0 Å². The summed E-state index contributed by atoms with van der Waals surface area (Å²) in [7, 11) is 1.84. The minimum absolute atomic E-state index is 0.337. The van der Waals surface area contributed by atoms with Gasteiger partial charge in [0, 0.05) is 7.05 Å². The summed E-state index contributed by atoms with van der Waals surface area (Å²) in [5.74, 6) is -0.891. The third-order valence-corrected chi connectivity index (χ3v) is 2.65. The van der Waals surface area contributed by atoms with Crippen LogP contribution in [0.2, 0.25) is 0 Å². The quantitative estimate of drug-likeness (QED) is 0.723. The largest absolute Gasteiger partial charge is 0.477 e. The summed E-state index contributed by atoms with van der Waals surface area (Å²) >= 11 is 1.19. The van der Waals surface area contributed by atoms with Gasteiger partial charge in [-0.15, -0.1) is 11.3 Å². The molecule has 2 aromatic rings. The van der Waals surface area contributed by atoms with Crippen LogP contribution in [0.4, 0.5) is 0 Å². The number of carboxylic acids is 1. The van der Waals surface area contributed by atoms with E-state index in [1.807, 2.05) is 7.05 Å². The Morgan fingerprint density at radius 3 is 3.08 bits per heavy atom. The van der Waals surface area contributed by atoms with Crippen LogP contribution in [0.25, 0.3) is 10.3 Å². The predicted octanol–water partition coefficient (Wildman–Crippen LogP) is 1.33. The second-order valence-corrected chi connectivity index (χ2v) is 3.49. The van der Waals surface area contributed by atoms with Gasteiger partial charge in [-0.2, -0.15) is 0 Å². The Hall–Kier alpha value is -1.36. The maximum absolute atomic E-state index is 10.6. The number of hydrogen-bond donors (Lipinski definition) is 1. The summed E-state index contributed by atoms with van der Waals surface area (Å²) in [6.07, 6.45) is 1.67. The number of aromatic nitrogens is 2. The monoisotopic (exact) mass is 182 g/mol. The highest BCUT2D eigenvalue weighted by Crippen LogP contribution is 2.23. The number of nitrogens with zero attached hydrogens (tertiary/aromatic N) is 2. The van der Waals surface area contributed by atoms with Gasteiger partial charge in [0.25, 0.3) is 0 Å². The van der Waals surface area contributed by atoms with Crippen molar-refractivity contribution in [1.29, 1.82) is 0 Å². The Labute approximate surface area is 72.1 Å². The molecule has 0 saturated carbocycles. The fourth-order valence-corrected chi connectivity index (χ4v) is 1.90. The molecule has 12 heavy (non-hydrogen) atoms. The molecule has 4 nitrogen and oxygen atoms in total. The minimum atomic E-state index is -0.891. The van der Waals surface area contributed by atoms with Crippen LogP contribution in [0, 0.1) is 0 Å². The Bertz CT molecular complexity index is 443. The van der Waals surface area contributed by atoms with Crippen LogP contribution in [0.1, 0.15) is 9.67 Å². The van der Waals surface area contributed by atoms with Gasteiger partial charge in [0.05, 0.1) is 11.8 Å². The van der Waals surface area contributed by atoms with Gasteiger partial charge < -0.3 is 9.67 Å². The van der Waals surface area contributed by atoms with Gasteiger partial charge in [-0.3, -0.25) is 0 Å². The average Bonchev–Trinajstić information content (AvgIpc) is 2.53. The number of carbonyl (C=O) groups is 1. The van der Waals surface area contributed by atoms with E-state index in [9.17, 15) is 4.79 Å². The molecule has 0 radical (unpaired) electrons. The van der Waals surface area contributed by atoms with Crippen molar-refractivity contribution in [3.63, 3.8) is 0 Å². The van der Waals surface area contributed by atoms with Gasteiger partial charge in [0.2, 0.25) is 0 Å². The Morgan fingerprint density at radius 2 is 2.50 bits per heavy atom. The van der Waals surface area contributed by atoms with Crippen LogP contribution < -0.4 is 0 Å². The van der Waals surface area contributed by atoms with Crippen molar-refractivity contribution < 1.29 is 9.90 Å². The summed E-state index contributed by atoms with van der Waals surface area (Å²) in [5, 5.41) is 8.67. The predicted molar refractivity (Wildman–Crippen MR) is 45.6 cm³/mol. The fourth-order valence-electron chi connectivity index (χ4n) is 1.02. The summed E-state index contributed by atoms with van der Waals surface area (Å²) in [6.45, 7) is 0. The highest BCUT2D eigenvalue weighted by Gasteiger charge is 2.10. The van der Waals surface area contributed by atoms with Gasteiger partial charge in [-0.05, 0) is 6.07 Å². The van der Waals surface area contributed by atoms with Crippen molar-refractivity contribution in [3.05, 3.63) is 17.3 Å². The molecule has 0 amide bonds. The molecule has 0 aliphatic heterocycles. The maximum atomic E-state index is 10.6. The molecule has 0 fully saturated rings. The highest BCUT2D eigenvalue weighted by molar-refractivity contribution is 7.20. The average molecular weight is 182 g/mol. The fraction of sp³-hybridized carbons (Fsp3) is 0.143. The Morgan fingerprint density at radius 1 is 1.75 bits per heavy atom. The van der Waals surface area contributed by atoms with E-state index in [0.29, 0.717) is 4.88 Å². The van der Waals surface area contributed by atoms with Crippen molar-refractivity contribution in [3.8, 4) is 0 Å². The first kappa shape index (κ1) is 7.30. The van der Waals surface area contributed by atoms with E-state index >= 15 is 0 Å². The van der Waals surface area contributed by atoms with Crippen molar-refractivity contribution in [2.45, 2.75) is 0 Å². The molecular formula is C7H6N2O2S. The molecule has 0 aliphatic carbocycles. The summed E-state index contributed by atoms with van der Waals surface area (Å²) < 4.78 is 1.80. The standard InChI is InChI=1S/C7H6N2O2S/c1-9-3-8-6-4(9)2-5(12-6)7(10)11/h2-3H,1H3,(H,10,11). The summed E-state index contributed by atoms with van der Waals surface area (Å²) in [6, 6.07) is 1.63. The molecule has 1 N–H and O–H groups in total. The summed E-state index contributed by atoms with van der Waals surface area (Å²) in [4.78, 5) is 15.7. The molecule has 0 saturated heterocycles. The molecule has 62 valence electrons. The topological polar surface area (TPSA) is 55.1 Å². The molecule has 0 aliphatic rings. The maximum Gasteiger partial charge on any atom is 0.346 e. The number of aromatic carboxylic acids is 1. The molecule has 0 aromatic carbocycles. The Kier molecular flexibility index (Phi) is 1.41. The minimum Gasteiger partial charge on any atom is -0.477 e. The van der Waals surface area contributed by atoms with Crippen molar-refractivity contribution in [2.24, 2.45) is 7.05 Å². The van der Waals surface area contributed by atoms with E-state index < -0.39 is 5.97 Å². The lowest BCUT2D eigenvalue weighted by Gasteiger charge is -1.86. The molecule has 2 heterocycles. The molecule has 0 spiro atoms. The molecule has 5 heteroatoms. The first-order valence-electron chi connectivity index (χ1n) is 3.32. The lowest BCUT2D eigenvalue weighted by atomic mass is 10.4. The highest BCUT2D eigenvalue weighted by atomic mass is 32.1. The van der Waals surface area contributed by atoms with Gasteiger partial charge >= 0.3 is 5.97 Å². The number of carboxylic acid groups (broad SMARTS) is 1. The van der Waals surface area contributed by atoms with Gasteiger partial charge in [0.15, 0.2) is 0 Å². The van der Waals surface area contributed by atoms with Crippen molar-refractivity contribution >= 4 is 27.7 Å². The second-order valence-electron chi connectivity index (χ2n) is 2.46. The van der Waals surface area contributed by atoms with E-state index in [4.69, 9.17) is 5.11 Å². The van der Waals surface area contributed by atoms with Gasteiger partial charge in [0.1, 0.15) is 9.71 Å². The third-order valence-electron chi connectivity index (χ3n) is 1.63. The number of hydrogen-bond acceptors (Lipinski definition) is 3. The first-order valence-corrected chi connectivity index (χ1v) is 4.14. The number of fused-ring (bicyclic) bond motifs is 1. The van der Waals surface area contributed by atoms with Crippen LogP contribution in [0.5, 0.6) is 0 Å². The Balaban J connectivity index is 2.70. The van der Waals surface area contributed by atoms with E-state index in [1.54, 1.807) is 17.0 Å². The van der Waals surface area contributed by atoms with Gasteiger partial charge in [-0.25, -0.2) is 9.78 Å². The molecular weight excluding hydrogens is 176 g/mol. The number of aryl methyl sites for hydroxylation is 1. The smallest absolute Gasteiger partial charge is 0.346 e. The van der Waals surface area contributed by atoms with Crippen LogP contribution in [0.3, 0.4) is 0 Å². The van der Waals surface area contributed by atoms with Crippen LogP contribution in [-0.2, 0) is 7.05 Å². The number of thiophene rings is 1. The first-order chi connectivity index (χ1) is 5.68. The van der Waals surface area contributed by atoms with E-state index in [2.05, 4.69) is 4.98 Å². The molecule has 0 bridgehead atoms. The zero-order chi connectivity index (χ0) is 8.72. The van der Waals surface area contributed by atoms with E-state index in [-0.39, 0.29) is 0 Å². The number of rotatable bonds is 1. The van der Waals surface area contributed by atoms with Crippen molar-refractivity contribution in [1.82, 2.24) is 9.55 Å². The lowest BCUT2D eigenvalue weighted by Crippen LogP contribution is -1.90. The van der Waals surface area contributed by atoms with Crippen LogP contribution >= 0.6 is 11.3 Å².